The Balaban J connectivity index is 1.35. The first-order valence-electron chi connectivity index (χ1n) is 15.8. The van der Waals surface area contributed by atoms with Crippen LogP contribution in [0.2, 0.25) is 0 Å². The van der Waals surface area contributed by atoms with Crippen molar-refractivity contribution in [1.29, 1.82) is 0 Å². The van der Waals surface area contributed by atoms with Crippen LogP contribution in [0.25, 0.3) is 0 Å². The average Bonchev–Trinajstić information content (AvgIpc) is 3.44. The summed E-state index contributed by atoms with van der Waals surface area (Å²) < 4.78 is 32.4. The van der Waals surface area contributed by atoms with Crippen LogP contribution in [0.4, 0.5) is 5.69 Å². The molecule has 7 rings (SSSR count). The van der Waals surface area contributed by atoms with E-state index in [0.29, 0.717) is 60.1 Å². The number of likely N-dealkylation sites (tertiary alicyclic amines) is 1. The largest absolute Gasteiger partial charge is 0.461 e. The number of para-hydroxylation sites is 1. The normalized spacial score (nSPS) is 47.4. The van der Waals surface area contributed by atoms with E-state index in [1.165, 1.54) is 0 Å². The average molecular weight is 569 g/mol. The van der Waals surface area contributed by atoms with Crippen molar-refractivity contribution in [1.82, 2.24) is 4.90 Å². The number of ether oxygens (including phenoxy) is 5. The highest BCUT2D eigenvalue weighted by atomic mass is 16.5. The topological polar surface area (TPSA) is 92.5 Å². The summed E-state index contributed by atoms with van der Waals surface area (Å²) in [5, 5.41) is 0. The Labute approximate surface area is 244 Å². The number of nitrogens with zero attached hydrogens (tertiary/aromatic N) is 1. The molecule has 1 heterocycles. The molecule has 7 bridgehead atoms. The van der Waals surface area contributed by atoms with E-state index >= 15 is 0 Å². The smallest absolute Gasteiger partial charge is 0.340 e. The van der Waals surface area contributed by atoms with Crippen molar-refractivity contribution in [2.45, 2.75) is 75.9 Å². The Morgan fingerprint density at radius 1 is 1.07 bits per heavy atom. The number of benzene rings is 1. The highest BCUT2D eigenvalue weighted by Gasteiger charge is 2.84. The summed E-state index contributed by atoms with van der Waals surface area (Å²) in [5.41, 5.74) is 6.61. The van der Waals surface area contributed by atoms with Crippen LogP contribution in [0.3, 0.4) is 0 Å². The van der Waals surface area contributed by atoms with Gasteiger partial charge in [-0.3, -0.25) is 4.90 Å². The van der Waals surface area contributed by atoms with Gasteiger partial charge in [0.2, 0.25) is 0 Å². The molecule has 2 N–H and O–H groups in total. The monoisotopic (exact) mass is 568 g/mol. The van der Waals surface area contributed by atoms with Crippen molar-refractivity contribution in [2.75, 3.05) is 53.4 Å². The molecule has 41 heavy (non-hydrogen) atoms. The van der Waals surface area contributed by atoms with E-state index in [2.05, 4.69) is 18.7 Å². The van der Waals surface area contributed by atoms with Gasteiger partial charge in [-0.05, 0) is 63.1 Å². The zero-order chi connectivity index (χ0) is 28.7. The summed E-state index contributed by atoms with van der Waals surface area (Å²) in [7, 11) is 5.67. The molecule has 1 aromatic carbocycles. The maximum absolute atomic E-state index is 13.4. The number of hydrogen-bond donors (Lipinski definition) is 1. The van der Waals surface area contributed by atoms with Gasteiger partial charge in [0, 0.05) is 81.2 Å². The second kappa shape index (κ2) is 9.91. The molecule has 6 fully saturated rings. The van der Waals surface area contributed by atoms with Crippen LogP contribution in [0.1, 0.15) is 56.3 Å². The third kappa shape index (κ3) is 3.43. The molecule has 12 atom stereocenters. The van der Waals surface area contributed by atoms with Crippen LogP contribution in [0, 0.1) is 40.4 Å². The Morgan fingerprint density at radius 3 is 2.56 bits per heavy atom. The first kappa shape index (κ1) is 28.1. The lowest BCUT2D eigenvalue weighted by molar-refractivity contribution is -0.286. The second-order valence-corrected chi connectivity index (χ2v) is 13.8. The molecule has 6 aliphatic rings. The van der Waals surface area contributed by atoms with E-state index in [0.717, 1.165) is 45.2 Å². The number of methoxy groups -OCH3 is 3. The minimum atomic E-state index is -0.322. The van der Waals surface area contributed by atoms with E-state index < -0.39 is 0 Å². The Hall–Kier alpha value is -1.71. The highest BCUT2D eigenvalue weighted by Crippen LogP contribution is 2.79. The van der Waals surface area contributed by atoms with Gasteiger partial charge in [-0.15, -0.1) is 0 Å². The molecule has 8 nitrogen and oxygen atoms in total. The van der Waals surface area contributed by atoms with Crippen molar-refractivity contribution >= 4 is 11.7 Å². The first-order valence-corrected chi connectivity index (χ1v) is 15.8. The third-order valence-corrected chi connectivity index (χ3v) is 13.0. The predicted molar refractivity (Wildman–Crippen MR) is 154 cm³/mol. The third-order valence-electron chi connectivity index (χ3n) is 13.0. The number of rotatable bonds is 9. The maximum Gasteiger partial charge on any atom is 0.340 e. The van der Waals surface area contributed by atoms with Crippen LogP contribution in [0.5, 0.6) is 0 Å². The molecule has 0 radical (unpaired) electrons. The molecule has 1 spiro atoms. The van der Waals surface area contributed by atoms with Crippen LogP contribution in [-0.2, 0) is 23.7 Å². The Kier molecular flexibility index (Phi) is 6.79. The molecular weight excluding hydrogens is 520 g/mol. The van der Waals surface area contributed by atoms with Gasteiger partial charge in [-0.2, -0.15) is 0 Å². The van der Waals surface area contributed by atoms with E-state index in [9.17, 15) is 4.79 Å². The number of nitrogens with two attached hydrogens (primary N) is 1. The van der Waals surface area contributed by atoms with Gasteiger partial charge in [-0.25, -0.2) is 4.79 Å². The highest BCUT2D eigenvalue weighted by molar-refractivity contribution is 5.95. The predicted octanol–water partition coefficient (Wildman–Crippen LogP) is 4.02. The molecular formula is C33H48N2O6. The lowest BCUT2D eigenvalue weighted by Gasteiger charge is -2.70. The van der Waals surface area contributed by atoms with Crippen molar-refractivity contribution in [2.24, 2.45) is 40.4 Å². The zero-order valence-corrected chi connectivity index (χ0v) is 25.3. The Bertz CT molecular complexity index is 1180. The summed E-state index contributed by atoms with van der Waals surface area (Å²) in [6.07, 6.45) is 5.45. The number of nitrogen functional groups attached to an aromatic ring is 1. The van der Waals surface area contributed by atoms with Gasteiger partial charge >= 0.3 is 5.97 Å². The van der Waals surface area contributed by atoms with E-state index in [-0.39, 0.29) is 40.7 Å². The van der Waals surface area contributed by atoms with Gasteiger partial charge in [-0.1, -0.05) is 19.1 Å². The summed E-state index contributed by atoms with van der Waals surface area (Å²) in [6.45, 7) is 7.43. The van der Waals surface area contributed by atoms with Crippen molar-refractivity contribution < 1.29 is 28.5 Å². The maximum atomic E-state index is 13.4. The summed E-state index contributed by atoms with van der Waals surface area (Å²) >= 11 is 0. The summed E-state index contributed by atoms with van der Waals surface area (Å²) in [4.78, 5) is 16.1. The first-order chi connectivity index (χ1) is 19.9. The fraction of sp³-hybridized carbons (Fsp3) is 0.788. The van der Waals surface area contributed by atoms with Gasteiger partial charge in [0.15, 0.2) is 0 Å². The van der Waals surface area contributed by atoms with Gasteiger partial charge < -0.3 is 29.4 Å². The Morgan fingerprint density at radius 2 is 1.88 bits per heavy atom. The standard InChI is InChI=1S/C33H48N2O6/c1-6-35-17-31(18-40-30(36)19-10-8-9-11-23(19)34)13-12-26(38-4)33-21-14-20-24(37-3)16-32(41-7-2,27(21)28(20)39-5)22(29(33)35)15-25(31)33/h8-11,20-22,24-29H,6-7,12-18,34H2,1-5H3/t20-,21?,22+,24+,25?,26+,27?,28+,29-,31+,32+,33-/m1/s1. The molecule has 5 saturated carbocycles. The molecule has 1 aromatic rings. The summed E-state index contributed by atoms with van der Waals surface area (Å²) in [5.74, 6) is 1.48. The molecule has 1 saturated heterocycles. The number of carbonyl (C=O) groups excluding carboxylic acids is 1. The number of esters is 1. The molecule has 0 amide bonds. The fourth-order valence-electron chi connectivity index (χ4n) is 12.1. The van der Waals surface area contributed by atoms with Crippen molar-refractivity contribution in [3.05, 3.63) is 29.8 Å². The molecule has 1 aliphatic heterocycles. The SMILES string of the molecule is CCO[C@]12C[C@H](OC)[C@H]3CC(C1[C@H]3OC)[C@]13C4C[C@H]2[C@H]1N(CC)C[C@]4(COC(=O)c1ccccc1N)CC[C@@H]3OC. The molecule has 8 heteroatoms. The zero-order valence-electron chi connectivity index (χ0n) is 25.3. The molecule has 5 aliphatic carbocycles. The van der Waals surface area contributed by atoms with Crippen LogP contribution < -0.4 is 5.73 Å². The molecule has 0 aromatic heterocycles. The van der Waals surface area contributed by atoms with E-state index in [1.54, 1.807) is 12.1 Å². The van der Waals surface area contributed by atoms with Crippen LogP contribution in [-0.4, -0.2) is 88.5 Å². The molecule has 3 unspecified atom stereocenters. The lowest BCUT2D eigenvalue weighted by Crippen LogP contribution is -2.76. The van der Waals surface area contributed by atoms with Crippen molar-refractivity contribution in [3.63, 3.8) is 0 Å². The van der Waals surface area contributed by atoms with Gasteiger partial charge in [0.25, 0.3) is 0 Å². The number of hydrogen-bond acceptors (Lipinski definition) is 8. The quantitative estimate of drug-likeness (QED) is 0.353. The minimum Gasteiger partial charge on any atom is -0.461 e. The van der Waals surface area contributed by atoms with Gasteiger partial charge in [0.05, 0.1) is 36.1 Å². The fourth-order valence-corrected chi connectivity index (χ4v) is 12.1. The van der Waals surface area contributed by atoms with E-state index in [4.69, 9.17) is 29.4 Å². The number of fused-ring (bicyclic) bond motifs is 2. The van der Waals surface area contributed by atoms with Crippen LogP contribution in [0.15, 0.2) is 24.3 Å². The minimum absolute atomic E-state index is 0.0382. The summed E-state index contributed by atoms with van der Waals surface area (Å²) in [6, 6.07) is 7.59. The number of piperidine rings is 1. The molecule has 226 valence electrons. The van der Waals surface area contributed by atoms with Gasteiger partial charge in [0.1, 0.15) is 0 Å². The lowest BCUT2D eigenvalue weighted by atomic mass is 9.43. The van der Waals surface area contributed by atoms with Crippen molar-refractivity contribution in [3.8, 4) is 0 Å². The second-order valence-electron chi connectivity index (χ2n) is 13.8. The number of anilines is 1. The number of carbonyl (C=O) groups is 1. The van der Waals surface area contributed by atoms with Crippen LogP contribution >= 0.6 is 0 Å². The van der Waals surface area contributed by atoms with E-state index in [1.807, 2.05) is 33.5 Å².